The van der Waals surface area contributed by atoms with Crippen LogP contribution in [-0.4, -0.2) is 54.7 Å². The molecule has 2 aromatic carbocycles. The van der Waals surface area contributed by atoms with Crippen LogP contribution < -0.4 is 16.0 Å². The van der Waals surface area contributed by atoms with Crippen molar-refractivity contribution >= 4 is 51.4 Å². The molecule has 2 heterocycles. The van der Waals surface area contributed by atoms with E-state index >= 15 is 0 Å². The van der Waals surface area contributed by atoms with Crippen molar-refractivity contribution in [2.24, 2.45) is 0 Å². The summed E-state index contributed by atoms with van der Waals surface area (Å²) < 4.78 is 44.4. The lowest BCUT2D eigenvalue weighted by atomic mass is 10.1. The van der Waals surface area contributed by atoms with Gasteiger partial charge in [-0.25, -0.2) is 9.78 Å². The zero-order valence-electron chi connectivity index (χ0n) is 18.7. The standard InChI is InChI=1S/C23H21ClF3N5O3S/c24-18-5-4-16(11-17(18)23(25,26)27)29-21(34)31-22-30-19(13-36-22)14-2-1-3-15(10-14)28-20(33)12-32-6-8-35-9-7-32/h1-5,10-11,13H,6-9,12H2,(H,28,33)(H2,29,30,31,34). The highest BCUT2D eigenvalue weighted by Crippen LogP contribution is 2.36. The third kappa shape index (κ3) is 6.94. The van der Waals surface area contributed by atoms with Gasteiger partial charge in [-0.15, -0.1) is 11.3 Å². The van der Waals surface area contributed by atoms with E-state index in [2.05, 4.69) is 20.9 Å². The number of carbonyl (C=O) groups excluding carboxylic acids is 2. The Kier molecular flexibility index (Phi) is 8.09. The van der Waals surface area contributed by atoms with E-state index in [-0.39, 0.29) is 23.3 Å². The van der Waals surface area contributed by atoms with Crippen LogP contribution in [0, 0.1) is 0 Å². The number of rotatable bonds is 6. The Morgan fingerprint density at radius 1 is 1.06 bits per heavy atom. The first kappa shape index (κ1) is 25.9. The first-order chi connectivity index (χ1) is 17.2. The Balaban J connectivity index is 1.36. The van der Waals surface area contributed by atoms with Crippen molar-refractivity contribution in [1.29, 1.82) is 0 Å². The molecule has 0 aliphatic carbocycles. The average Bonchev–Trinajstić information content (AvgIpc) is 3.29. The highest BCUT2D eigenvalue weighted by molar-refractivity contribution is 7.14. The molecule has 36 heavy (non-hydrogen) atoms. The molecule has 0 spiro atoms. The van der Waals surface area contributed by atoms with Gasteiger partial charge in [0.05, 0.1) is 36.0 Å². The molecule has 1 aliphatic rings. The number of nitrogens with zero attached hydrogens (tertiary/aromatic N) is 2. The van der Waals surface area contributed by atoms with Crippen LogP contribution in [0.3, 0.4) is 0 Å². The second kappa shape index (κ2) is 11.2. The van der Waals surface area contributed by atoms with Gasteiger partial charge in [-0.1, -0.05) is 23.7 Å². The van der Waals surface area contributed by atoms with Gasteiger partial charge < -0.3 is 15.4 Å². The second-order valence-electron chi connectivity index (χ2n) is 7.83. The zero-order valence-corrected chi connectivity index (χ0v) is 20.3. The summed E-state index contributed by atoms with van der Waals surface area (Å²) in [5, 5.41) is 9.22. The van der Waals surface area contributed by atoms with Gasteiger partial charge in [0, 0.05) is 35.4 Å². The summed E-state index contributed by atoms with van der Waals surface area (Å²) in [6.07, 6.45) is -4.65. The number of anilines is 3. The van der Waals surface area contributed by atoms with E-state index in [4.69, 9.17) is 16.3 Å². The van der Waals surface area contributed by atoms with E-state index in [9.17, 15) is 22.8 Å². The highest BCUT2D eigenvalue weighted by Gasteiger charge is 2.33. The van der Waals surface area contributed by atoms with Crippen LogP contribution in [0.1, 0.15) is 5.56 Å². The normalized spacial score (nSPS) is 14.3. The predicted molar refractivity (Wildman–Crippen MR) is 133 cm³/mol. The molecule has 1 saturated heterocycles. The summed E-state index contributed by atoms with van der Waals surface area (Å²) in [7, 11) is 0. The van der Waals surface area contributed by atoms with Crippen molar-refractivity contribution in [3.8, 4) is 11.3 Å². The summed E-state index contributed by atoms with van der Waals surface area (Å²) in [5.74, 6) is -0.137. The number of benzene rings is 2. The molecule has 3 N–H and O–H groups in total. The van der Waals surface area contributed by atoms with E-state index in [0.717, 1.165) is 29.0 Å². The molecule has 0 atom stereocenters. The second-order valence-corrected chi connectivity index (χ2v) is 9.09. The van der Waals surface area contributed by atoms with Crippen molar-refractivity contribution in [3.05, 3.63) is 58.4 Å². The highest BCUT2D eigenvalue weighted by atomic mass is 35.5. The number of morpholine rings is 1. The minimum absolute atomic E-state index is 0.0680. The average molecular weight is 540 g/mol. The van der Waals surface area contributed by atoms with Crippen molar-refractivity contribution in [3.63, 3.8) is 0 Å². The molecule has 13 heteroatoms. The molecule has 1 fully saturated rings. The number of thiazole rings is 1. The maximum atomic E-state index is 13.0. The van der Waals surface area contributed by atoms with Gasteiger partial charge in [0.25, 0.3) is 0 Å². The quantitative estimate of drug-likeness (QED) is 0.390. The smallest absolute Gasteiger partial charge is 0.379 e. The van der Waals surface area contributed by atoms with Crippen molar-refractivity contribution in [2.45, 2.75) is 6.18 Å². The number of alkyl halides is 3. The van der Waals surface area contributed by atoms with E-state index in [1.54, 1.807) is 23.6 Å². The number of hydrogen-bond donors (Lipinski definition) is 3. The number of aromatic nitrogens is 1. The minimum Gasteiger partial charge on any atom is -0.379 e. The predicted octanol–water partition coefficient (Wildman–Crippen LogP) is 5.40. The molecular formula is C23H21ClF3N5O3S. The van der Waals surface area contributed by atoms with Gasteiger partial charge in [-0.3, -0.25) is 15.0 Å². The monoisotopic (exact) mass is 539 g/mol. The fourth-order valence-corrected chi connectivity index (χ4v) is 4.40. The molecule has 8 nitrogen and oxygen atoms in total. The SMILES string of the molecule is O=C(CN1CCOCC1)Nc1cccc(-c2csc(NC(=O)Nc3ccc(Cl)c(C(F)(F)F)c3)n2)c1. The van der Waals surface area contributed by atoms with Crippen LogP contribution in [0.15, 0.2) is 47.8 Å². The van der Waals surface area contributed by atoms with Gasteiger partial charge in [-0.2, -0.15) is 13.2 Å². The molecule has 3 aromatic rings. The van der Waals surface area contributed by atoms with Crippen molar-refractivity contribution in [1.82, 2.24) is 9.88 Å². The minimum atomic E-state index is -4.65. The molecule has 1 aliphatic heterocycles. The number of amides is 3. The van der Waals surface area contributed by atoms with Gasteiger partial charge in [0.15, 0.2) is 5.13 Å². The lowest BCUT2D eigenvalue weighted by Crippen LogP contribution is -2.41. The molecule has 0 saturated carbocycles. The van der Waals surface area contributed by atoms with Crippen molar-refractivity contribution in [2.75, 3.05) is 48.8 Å². The fraction of sp³-hybridized carbons (Fsp3) is 0.261. The summed E-state index contributed by atoms with van der Waals surface area (Å²) in [6.45, 7) is 2.89. The summed E-state index contributed by atoms with van der Waals surface area (Å²) in [5.41, 5.74) is 0.771. The number of halogens is 4. The van der Waals surface area contributed by atoms with E-state index in [1.807, 2.05) is 11.0 Å². The molecule has 4 rings (SSSR count). The van der Waals surface area contributed by atoms with Gasteiger partial charge in [0.2, 0.25) is 5.91 Å². The van der Waals surface area contributed by atoms with Crippen LogP contribution >= 0.6 is 22.9 Å². The number of ether oxygens (including phenoxy) is 1. The Morgan fingerprint density at radius 2 is 1.81 bits per heavy atom. The third-order valence-corrected chi connectivity index (χ3v) is 6.25. The van der Waals surface area contributed by atoms with Crippen LogP contribution in [0.4, 0.5) is 34.5 Å². The molecular weight excluding hydrogens is 519 g/mol. The number of urea groups is 1. The van der Waals surface area contributed by atoms with Crippen LogP contribution in [0.2, 0.25) is 5.02 Å². The lowest BCUT2D eigenvalue weighted by Gasteiger charge is -2.25. The van der Waals surface area contributed by atoms with Gasteiger partial charge in [0.1, 0.15) is 0 Å². The van der Waals surface area contributed by atoms with E-state index in [0.29, 0.717) is 37.7 Å². The maximum Gasteiger partial charge on any atom is 0.417 e. The van der Waals surface area contributed by atoms with Gasteiger partial charge in [-0.05, 0) is 30.3 Å². The first-order valence-corrected chi connectivity index (χ1v) is 12.0. The van der Waals surface area contributed by atoms with E-state index < -0.39 is 22.8 Å². The first-order valence-electron chi connectivity index (χ1n) is 10.8. The van der Waals surface area contributed by atoms with Crippen molar-refractivity contribution < 1.29 is 27.5 Å². The number of carbonyl (C=O) groups is 2. The fourth-order valence-electron chi connectivity index (χ4n) is 3.46. The largest absolute Gasteiger partial charge is 0.417 e. The van der Waals surface area contributed by atoms with Gasteiger partial charge >= 0.3 is 12.2 Å². The summed E-state index contributed by atoms with van der Waals surface area (Å²) in [6, 6.07) is 9.45. The molecule has 0 bridgehead atoms. The Labute approximate surface area is 213 Å². The van der Waals surface area contributed by atoms with Crippen LogP contribution in [0.25, 0.3) is 11.3 Å². The summed E-state index contributed by atoms with van der Waals surface area (Å²) >= 11 is 6.75. The third-order valence-electron chi connectivity index (χ3n) is 5.17. The molecule has 190 valence electrons. The molecule has 0 unspecified atom stereocenters. The number of hydrogen-bond acceptors (Lipinski definition) is 6. The number of nitrogens with one attached hydrogen (secondary N) is 3. The lowest BCUT2D eigenvalue weighted by molar-refractivity contribution is -0.137. The molecule has 3 amide bonds. The van der Waals surface area contributed by atoms with Crippen LogP contribution in [-0.2, 0) is 15.7 Å². The Bertz CT molecular complexity index is 1250. The van der Waals surface area contributed by atoms with E-state index in [1.165, 1.54) is 6.07 Å². The Morgan fingerprint density at radius 3 is 2.56 bits per heavy atom. The maximum absolute atomic E-state index is 13.0. The topological polar surface area (TPSA) is 95.6 Å². The summed E-state index contributed by atoms with van der Waals surface area (Å²) in [4.78, 5) is 31.0. The Hall–Kier alpha value is -3.19. The molecule has 0 radical (unpaired) electrons. The molecule has 1 aromatic heterocycles. The zero-order chi connectivity index (χ0) is 25.7. The van der Waals surface area contributed by atoms with Crippen LogP contribution in [0.5, 0.6) is 0 Å².